The second kappa shape index (κ2) is 4.95. The summed E-state index contributed by atoms with van der Waals surface area (Å²) >= 11 is 0. The molecule has 1 aromatic rings. The van der Waals surface area contributed by atoms with Gasteiger partial charge in [0.05, 0.1) is 5.56 Å². The summed E-state index contributed by atoms with van der Waals surface area (Å²) in [7, 11) is 0. The van der Waals surface area contributed by atoms with Gasteiger partial charge in [0.2, 0.25) is 0 Å². The maximum absolute atomic E-state index is 11.3. The molecule has 1 atom stereocenters. The van der Waals surface area contributed by atoms with E-state index >= 15 is 0 Å². The Balaban J connectivity index is 2.27. The highest BCUT2D eigenvalue weighted by atomic mass is 16.1. The van der Waals surface area contributed by atoms with Crippen LogP contribution in [-0.4, -0.2) is 30.3 Å². The summed E-state index contributed by atoms with van der Waals surface area (Å²) in [6, 6.07) is 3.35. The summed E-state index contributed by atoms with van der Waals surface area (Å²) in [5.41, 5.74) is 5.73. The molecule has 0 saturated carbocycles. The Morgan fingerprint density at radius 3 is 3.12 bits per heavy atom. The second-order valence-electron chi connectivity index (χ2n) is 4.22. The molecule has 1 aliphatic rings. The molecule has 2 N–H and O–H groups in total. The molecule has 1 aromatic heterocycles. The van der Waals surface area contributed by atoms with Crippen molar-refractivity contribution < 1.29 is 9.59 Å². The normalized spacial score (nSPS) is 20.0. The first-order valence-corrected chi connectivity index (χ1v) is 5.67. The fourth-order valence-electron chi connectivity index (χ4n) is 2.15. The summed E-state index contributed by atoms with van der Waals surface area (Å²) in [6.07, 6.45) is 4.43. The topological polar surface area (TPSA) is 76.3 Å². The first-order valence-electron chi connectivity index (χ1n) is 5.67. The molecule has 1 amide bonds. The molecule has 0 aromatic carbocycles. The molecule has 1 fully saturated rings. The van der Waals surface area contributed by atoms with Crippen LogP contribution in [0.15, 0.2) is 18.3 Å². The maximum Gasteiger partial charge on any atom is 0.252 e. The van der Waals surface area contributed by atoms with Crippen molar-refractivity contribution in [3.8, 4) is 0 Å². The molecule has 1 saturated heterocycles. The predicted molar refractivity (Wildman–Crippen MR) is 63.8 cm³/mol. The Morgan fingerprint density at radius 1 is 1.59 bits per heavy atom. The van der Waals surface area contributed by atoms with Crippen molar-refractivity contribution in [2.45, 2.75) is 12.8 Å². The van der Waals surface area contributed by atoms with Gasteiger partial charge in [-0.05, 0) is 25.0 Å². The van der Waals surface area contributed by atoms with Gasteiger partial charge in [-0.25, -0.2) is 4.98 Å². The number of nitrogens with two attached hydrogens (primary N) is 1. The van der Waals surface area contributed by atoms with Crippen LogP contribution in [-0.2, 0) is 4.79 Å². The Morgan fingerprint density at radius 2 is 2.41 bits per heavy atom. The van der Waals surface area contributed by atoms with Crippen molar-refractivity contribution in [3.63, 3.8) is 0 Å². The lowest BCUT2D eigenvalue weighted by molar-refractivity contribution is -0.111. The van der Waals surface area contributed by atoms with Gasteiger partial charge in [0, 0.05) is 25.2 Å². The van der Waals surface area contributed by atoms with Gasteiger partial charge in [0.1, 0.15) is 12.1 Å². The van der Waals surface area contributed by atoms with Crippen molar-refractivity contribution in [1.82, 2.24) is 4.98 Å². The maximum atomic E-state index is 11.3. The minimum Gasteiger partial charge on any atom is -0.365 e. The molecule has 17 heavy (non-hydrogen) atoms. The van der Waals surface area contributed by atoms with E-state index in [2.05, 4.69) is 4.98 Å². The minimum atomic E-state index is -0.485. The van der Waals surface area contributed by atoms with Gasteiger partial charge in [-0.3, -0.25) is 4.79 Å². The standard InChI is InChI=1S/C12H15N3O2/c13-11(17)10-4-1-5-14-12(10)15-6-2-3-9(7-15)8-16/h1,4-5,8-9H,2-3,6-7H2,(H2,13,17). The number of hydrogen-bond donors (Lipinski definition) is 1. The molecule has 1 aliphatic heterocycles. The number of pyridine rings is 1. The SMILES string of the molecule is NC(=O)c1cccnc1N1CCCC(C=O)C1. The smallest absolute Gasteiger partial charge is 0.252 e. The lowest BCUT2D eigenvalue weighted by atomic mass is 9.99. The average Bonchev–Trinajstić information content (AvgIpc) is 2.39. The van der Waals surface area contributed by atoms with Crippen molar-refractivity contribution in [2.75, 3.05) is 18.0 Å². The highest BCUT2D eigenvalue weighted by Gasteiger charge is 2.23. The van der Waals surface area contributed by atoms with E-state index in [4.69, 9.17) is 5.73 Å². The quantitative estimate of drug-likeness (QED) is 0.775. The zero-order chi connectivity index (χ0) is 12.3. The van der Waals surface area contributed by atoms with Crippen molar-refractivity contribution >= 4 is 18.0 Å². The number of anilines is 1. The van der Waals surface area contributed by atoms with Gasteiger partial charge in [0.15, 0.2) is 0 Å². The van der Waals surface area contributed by atoms with E-state index in [9.17, 15) is 9.59 Å². The van der Waals surface area contributed by atoms with Gasteiger partial charge < -0.3 is 15.4 Å². The Labute approximate surface area is 99.6 Å². The van der Waals surface area contributed by atoms with Gasteiger partial charge in [-0.15, -0.1) is 0 Å². The minimum absolute atomic E-state index is 0.0199. The number of carbonyl (C=O) groups is 2. The van der Waals surface area contributed by atoms with Crippen molar-refractivity contribution in [3.05, 3.63) is 23.9 Å². The van der Waals surface area contributed by atoms with E-state index in [1.165, 1.54) is 0 Å². The number of aromatic nitrogens is 1. The fourth-order valence-corrected chi connectivity index (χ4v) is 2.15. The van der Waals surface area contributed by atoms with Crippen LogP contribution in [0.3, 0.4) is 0 Å². The molecule has 0 spiro atoms. The van der Waals surface area contributed by atoms with Crippen molar-refractivity contribution in [2.24, 2.45) is 11.7 Å². The third-order valence-electron chi connectivity index (χ3n) is 3.00. The van der Waals surface area contributed by atoms with E-state index in [0.717, 1.165) is 25.7 Å². The Kier molecular flexibility index (Phi) is 3.37. The summed E-state index contributed by atoms with van der Waals surface area (Å²) in [5.74, 6) is 0.124. The third kappa shape index (κ3) is 2.43. The number of piperidine rings is 1. The summed E-state index contributed by atoms with van der Waals surface area (Å²) in [5, 5.41) is 0. The summed E-state index contributed by atoms with van der Waals surface area (Å²) < 4.78 is 0. The van der Waals surface area contributed by atoms with Gasteiger partial charge in [-0.2, -0.15) is 0 Å². The van der Waals surface area contributed by atoms with Crippen LogP contribution in [0.2, 0.25) is 0 Å². The number of nitrogens with zero attached hydrogens (tertiary/aromatic N) is 2. The monoisotopic (exact) mass is 233 g/mol. The van der Waals surface area contributed by atoms with E-state index in [0.29, 0.717) is 17.9 Å². The van der Waals surface area contributed by atoms with E-state index in [1.807, 2.05) is 4.90 Å². The largest absolute Gasteiger partial charge is 0.365 e. The Hall–Kier alpha value is -1.91. The van der Waals surface area contributed by atoms with Crippen LogP contribution in [0, 0.1) is 5.92 Å². The second-order valence-corrected chi connectivity index (χ2v) is 4.22. The molecular weight excluding hydrogens is 218 g/mol. The first-order chi connectivity index (χ1) is 8.22. The van der Waals surface area contributed by atoms with E-state index in [-0.39, 0.29) is 5.92 Å². The number of hydrogen-bond acceptors (Lipinski definition) is 4. The van der Waals surface area contributed by atoms with Crippen LogP contribution in [0.1, 0.15) is 23.2 Å². The molecule has 5 heteroatoms. The molecule has 1 unspecified atom stereocenters. The van der Waals surface area contributed by atoms with Gasteiger partial charge in [0.25, 0.3) is 5.91 Å². The van der Waals surface area contributed by atoms with Crippen LogP contribution in [0.4, 0.5) is 5.82 Å². The van der Waals surface area contributed by atoms with Gasteiger partial charge in [-0.1, -0.05) is 0 Å². The first kappa shape index (κ1) is 11.6. The molecule has 5 nitrogen and oxygen atoms in total. The van der Waals surface area contributed by atoms with Gasteiger partial charge >= 0.3 is 0 Å². The fraction of sp³-hybridized carbons (Fsp3) is 0.417. The molecular formula is C12H15N3O2. The third-order valence-corrected chi connectivity index (χ3v) is 3.00. The number of primary amides is 1. The molecule has 0 aliphatic carbocycles. The predicted octanol–water partition coefficient (Wildman–Crippen LogP) is 0.596. The van der Waals surface area contributed by atoms with Crippen LogP contribution < -0.4 is 10.6 Å². The summed E-state index contributed by atoms with van der Waals surface area (Å²) in [6.45, 7) is 1.42. The summed E-state index contributed by atoms with van der Waals surface area (Å²) in [4.78, 5) is 28.3. The molecule has 0 radical (unpaired) electrons. The Bertz CT molecular complexity index is 434. The highest BCUT2D eigenvalue weighted by Crippen LogP contribution is 2.23. The number of aldehydes is 1. The number of carbonyl (C=O) groups excluding carboxylic acids is 2. The zero-order valence-corrected chi connectivity index (χ0v) is 9.50. The van der Waals surface area contributed by atoms with E-state index in [1.54, 1.807) is 18.3 Å². The van der Waals surface area contributed by atoms with Crippen LogP contribution in [0.25, 0.3) is 0 Å². The lowest BCUT2D eigenvalue weighted by Gasteiger charge is -2.31. The van der Waals surface area contributed by atoms with E-state index < -0.39 is 5.91 Å². The van der Waals surface area contributed by atoms with Crippen molar-refractivity contribution in [1.29, 1.82) is 0 Å². The number of amides is 1. The van der Waals surface area contributed by atoms with Crippen LogP contribution >= 0.6 is 0 Å². The molecule has 0 bridgehead atoms. The zero-order valence-electron chi connectivity index (χ0n) is 9.50. The highest BCUT2D eigenvalue weighted by molar-refractivity contribution is 5.97. The number of rotatable bonds is 3. The van der Waals surface area contributed by atoms with Crippen LogP contribution in [0.5, 0.6) is 0 Å². The average molecular weight is 233 g/mol. The molecule has 2 rings (SSSR count). The molecule has 2 heterocycles. The molecule has 90 valence electrons. The lowest BCUT2D eigenvalue weighted by Crippen LogP contribution is -2.37.